The lowest BCUT2D eigenvalue weighted by Gasteiger charge is -2.08. The van der Waals surface area contributed by atoms with Crippen molar-refractivity contribution in [1.82, 2.24) is 15.0 Å². The van der Waals surface area contributed by atoms with Crippen molar-refractivity contribution in [3.63, 3.8) is 0 Å². The van der Waals surface area contributed by atoms with Crippen LogP contribution in [0.25, 0.3) is 5.69 Å². The molecule has 1 aromatic heterocycles. The van der Waals surface area contributed by atoms with E-state index in [1.807, 2.05) is 36.4 Å². The predicted molar refractivity (Wildman–Crippen MR) is 75.0 cm³/mol. The van der Waals surface area contributed by atoms with Crippen molar-refractivity contribution < 1.29 is 0 Å². The molecular weight excluding hydrogens is 236 g/mol. The summed E-state index contributed by atoms with van der Waals surface area (Å²) in [6.45, 7) is 0. The van der Waals surface area contributed by atoms with Crippen LogP contribution in [0, 0.1) is 0 Å². The van der Waals surface area contributed by atoms with Crippen molar-refractivity contribution in [2.24, 2.45) is 0 Å². The van der Waals surface area contributed by atoms with Crippen LogP contribution in [0.15, 0.2) is 60.8 Å². The van der Waals surface area contributed by atoms with Crippen molar-refractivity contribution in [2.75, 3.05) is 5.73 Å². The summed E-state index contributed by atoms with van der Waals surface area (Å²) in [5.74, 6) is 0.425. The molecule has 0 aliphatic rings. The van der Waals surface area contributed by atoms with E-state index in [0.717, 1.165) is 12.1 Å². The molecule has 0 unspecified atom stereocenters. The van der Waals surface area contributed by atoms with Crippen LogP contribution < -0.4 is 5.73 Å². The van der Waals surface area contributed by atoms with Crippen molar-refractivity contribution in [3.05, 3.63) is 71.9 Å². The van der Waals surface area contributed by atoms with Gasteiger partial charge < -0.3 is 5.73 Å². The van der Waals surface area contributed by atoms with Gasteiger partial charge in [-0.25, -0.2) is 4.68 Å². The molecule has 2 N–H and O–H groups in total. The summed E-state index contributed by atoms with van der Waals surface area (Å²) in [6.07, 6.45) is 2.58. The fourth-order valence-electron chi connectivity index (χ4n) is 2.09. The first kappa shape index (κ1) is 11.5. The second-order valence-corrected chi connectivity index (χ2v) is 4.38. The molecule has 3 aromatic rings. The minimum absolute atomic E-state index is 0.425. The van der Waals surface area contributed by atoms with Gasteiger partial charge in [0.05, 0.1) is 11.9 Å². The lowest BCUT2D eigenvalue weighted by atomic mass is 10.0. The van der Waals surface area contributed by atoms with Crippen LogP contribution in [-0.4, -0.2) is 15.0 Å². The van der Waals surface area contributed by atoms with Gasteiger partial charge in [0.1, 0.15) is 0 Å². The largest absolute Gasteiger partial charge is 0.381 e. The normalized spacial score (nSPS) is 10.5. The maximum atomic E-state index is 5.62. The summed E-state index contributed by atoms with van der Waals surface area (Å²) in [7, 11) is 0. The minimum Gasteiger partial charge on any atom is -0.381 e. The van der Waals surface area contributed by atoms with Crippen LogP contribution in [0.4, 0.5) is 5.82 Å². The Morgan fingerprint density at radius 1 is 0.947 bits per heavy atom. The Morgan fingerprint density at radius 2 is 1.68 bits per heavy atom. The van der Waals surface area contributed by atoms with E-state index < -0.39 is 0 Å². The summed E-state index contributed by atoms with van der Waals surface area (Å²) in [5.41, 5.74) is 9.09. The van der Waals surface area contributed by atoms with Gasteiger partial charge in [-0.2, -0.15) is 0 Å². The fourth-order valence-corrected chi connectivity index (χ4v) is 2.09. The Hall–Kier alpha value is -2.62. The van der Waals surface area contributed by atoms with Crippen molar-refractivity contribution in [1.29, 1.82) is 0 Å². The number of para-hydroxylation sites is 1. The molecule has 0 radical (unpaired) electrons. The monoisotopic (exact) mass is 250 g/mol. The average Bonchev–Trinajstić information content (AvgIpc) is 2.87. The van der Waals surface area contributed by atoms with Crippen molar-refractivity contribution >= 4 is 5.82 Å². The average molecular weight is 250 g/mol. The summed E-state index contributed by atoms with van der Waals surface area (Å²) < 4.78 is 1.72. The maximum Gasteiger partial charge on any atom is 0.166 e. The number of rotatable bonds is 3. The summed E-state index contributed by atoms with van der Waals surface area (Å²) >= 11 is 0. The fraction of sp³-hybridized carbons (Fsp3) is 0.0667. The summed E-state index contributed by atoms with van der Waals surface area (Å²) in [5, 5.41) is 7.86. The lowest BCUT2D eigenvalue weighted by molar-refractivity contribution is 0.796. The van der Waals surface area contributed by atoms with Crippen LogP contribution in [0.5, 0.6) is 0 Å². The summed E-state index contributed by atoms with van der Waals surface area (Å²) in [6, 6.07) is 18.5. The van der Waals surface area contributed by atoms with E-state index in [2.05, 4.69) is 28.5 Å². The Morgan fingerprint density at radius 3 is 2.42 bits per heavy atom. The highest BCUT2D eigenvalue weighted by Crippen LogP contribution is 2.18. The number of nitrogens with two attached hydrogens (primary N) is 1. The minimum atomic E-state index is 0.425. The van der Waals surface area contributed by atoms with Crippen LogP contribution in [0.2, 0.25) is 0 Å². The van der Waals surface area contributed by atoms with E-state index in [4.69, 9.17) is 5.73 Å². The third kappa shape index (κ3) is 2.47. The van der Waals surface area contributed by atoms with Gasteiger partial charge >= 0.3 is 0 Å². The highest BCUT2D eigenvalue weighted by molar-refractivity contribution is 5.44. The van der Waals surface area contributed by atoms with Gasteiger partial charge in [0.15, 0.2) is 5.82 Å². The Labute approximate surface area is 111 Å². The number of benzene rings is 2. The van der Waals surface area contributed by atoms with Crippen molar-refractivity contribution in [3.8, 4) is 5.69 Å². The molecule has 0 aliphatic heterocycles. The molecule has 2 aromatic carbocycles. The molecular formula is C15H14N4. The zero-order valence-corrected chi connectivity index (χ0v) is 10.4. The van der Waals surface area contributed by atoms with E-state index in [1.165, 1.54) is 11.1 Å². The van der Waals surface area contributed by atoms with Gasteiger partial charge in [-0.05, 0) is 23.6 Å². The number of hydrogen-bond donors (Lipinski definition) is 1. The van der Waals surface area contributed by atoms with Gasteiger partial charge in [-0.15, -0.1) is 5.10 Å². The zero-order chi connectivity index (χ0) is 13.1. The molecule has 0 spiro atoms. The molecule has 0 saturated carbocycles. The Kier molecular flexibility index (Phi) is 2.98. The second-order valence-electron chi connectivity index (χ2n) is 4.38. The number of hydrogen-bond acceptors (Lipinski definition) is 3. The first-order chi connectivity index (χ1) is 9.33. The number of anilines is 1. The highest BCUT2D eigenvalue weighted by Gasteiger charge is 2.06. The van der Waals surface area contributed by atoms with Gasteiger partial charge in [0.2, 0.25) is 0 Å². The van der Waals surface area contributed by atoms with Gasteiger partial charge in [-0.1, -0.05) is 53.7 Å². The molecule has 1 heterocycles. The van der Waals surface area contributed by atoms with Crippen LogP contribution in [0.3, 0.4) is 0 Å². The molecule has 0 aliphatic carbocycles. The first-order valence-electron chi connectivity index (χ1n) is 6.13. The molecule has 0 atom stereocenters. The second kappa shape index (κ2) is 4.94. The van der Waals surface area contributed by atoms with Crippen molar-refractivity contribution in [2.45, 2.75) is 6.42 Å². The highest BCUT2D eigenvalue weighted by atomic mass is 15.4. The lowest BCUT2D eigenvalue weighted by Crippen LogP contribution is -2.01. The molecule has 0 fully saturated rings. The van der Waals surface area contributed by atoms with Gasteiger partial charge in [0.25, 0.3) is 0 Å². The quantitative estimate of drug-likeness (QED) is 0.776. The zero-order valence-electron chi connectivity index (χ0n) is 10.4. The van der Waals surface area contributed by atoms with E-state index in [-0.39, 0.29) is 0 Å². The number of nitrogens with zero attached hydrogens (tertiary/aromatic N) is 3. The first-order valence-corrected chi connectivity index (χ1v) is 6.13. The van der Waals surface area contributed by atoms with Gasteiger partial charge in [-0.3, -0.25) is 0 Å². The van der Waals surface area contributed by atoms with E-state index in [9.17, 15) is 0 Å². The predicted octanol–water partition coefficient (Wildman–Crippen LogP) is 2.44. The third-order valence-corrected chi connectivity index (χ3v) is 2.99. The molecule has 4 nitrogen and oxygen atoms in total. The molecule has 3 rings (SSSR count). The van der Waals surface area contributed by atoms with E-state index in [0.29, 0.717) is 5.82 Å². The topological polar surface area (TPSA) is 56.7 Å². The number of aromatic nitrogens is 3. The third-order valence-electron chi connectivity index (χ3n) is 2.99. The van der Waals surface area contributed by atoms with Crippen LogP contribution in [0.1, 0.15) is 11.1 Å². The molecule has 19 heavy (non-hydrogen) atoms. The van der Waals surface area contributed by atoms with Crippen LogP contribution >= 0.6 is 0 Å². The molecule has 4 heteroatoms. The van der Waals surface area contributed by atoms with E-state index >= 15 is 0 Å². The summed E-state index contributed by atoms with van der Waals surface area (Å²) in [4.78, 5) is 0. The van der Waals surface area contributed by atoms with Crippen LogP contribution in [-0.2, 0) is 6.42 Å². The smallest absolute Gasteiger partial charge is 0.166 e. The Bertz CT molecular complexity index is 673. The maximum absolute atomic E-state index is 5.62. The van der Waals surface area contributed by atoms with Gasteiger partial charge in [0, 0.05) is 0 Å². The Balaban J connectivity index is 1.98. The molecule has 94 valence electrons. The molecule has 0 amide bonds. The van der Waals surface area contributed by atoms with E-state index in [1.54, 1.807) is 10.9 Å². The molecule has 0 saturated heterocycles. The SMILES string of the molecule is Nc1cn(-c2ccccc2Cc2ccccc2)nn1. The standard InChI is InChI=1S/C15H14N4/c16-15-11-19(18-17-15)14-9-5-4-8-13(14)10-12-6-2-1-3-7-12/h1-9,11H,10,16H2. The number of nitrogen functional groups attached to an aromatic ring is 1. The molecule has 0 bridgehead atoms.